The van der Waals surface area contributed by atoms with E-state index in [4.69, 9.17) is 11.6 Å². The summed E-state index contributed by atoms with van der Waals surface area (Å²) in [6.07, 6.45) is 0. The van der Waals surface area contributed by atoms with E-state index >= 15 is 0 Å². The zero-order valence-corrected chi connectivity index (χ0v) is 12.3. The Labute approximate surface area is 125 Å². The number of benzene rings is 1. The lowest BCUT2D eigenvalue weighted by Crippen LogP contribution is -2.22. The fourth-order valence-corrected chi connectivity index (χ4v) is 2.58. The van der Waals surface area contributed by atoms with E-state index in [1.807, 2.05) is 12.1 Å². The van der Waals surface area contributed by atoms with Crippen LogP contribution in [0.15, 0.2) is 36.4 Å². The number of thiophene rings is 1. The molecule has 0 radical (unpaired) electrons. The fourth-order valence-electron chi connectivity index (χ4n) is 1.62. The molecule has 0 unspecified atom stereocenters. The summed E-state index contributed by atoms with van der Waals surface area (Å²) in [6.45, 7) is 0.405. The number of carbonyl (C=O) groups is 2. The third kappa shape index (κ3) is 3.59. The van der Waals surface area contributed by atoms with Gasteiger partial charge in [-0.15, -0.1) is 11.3 Å². The highest BCUT2D eigenvalue weighted by atomic mass is 35.5. The van der Waals surface area contributed by atoms with Crippen LogP contribution < -0.4 is 10.6 Å². The second kappa shape index (κ2) is 6.54. The van der Waals surface area contributed by atoms with Gasteiger partial charge in [0.2, 0.25) is 0 Å². The number of halogens is 1. The molecule has 1 aromatic heterocycles. The highest BCUT2D eigenvalue weighted by Crippen LogP contribution is 2.21. The Kier molecular flexibility index (Phi) is 4.76. The molecule has 6 heteroatoms. The summed E-state index contributed by atoms with van der Waals surface area (Å²) < 4.78 is 0.588. The molecule has 1 heterocycles. The van der Waals surface area contributed by atoms with Crippen LogP contribution in [0.4, 0.5) is 0 Å². The van der Waals surface area contributed by atoms with Crippen LogP contribution in [0.2, 0.25) is 4.34 Å². The van der Waals surface area contributed by atoms with Gasteiger partial charge in [-0.2, -0.15) is 0 Å². The predicted molar refractivity (Wildman–Crippen MR) is 80.3 cm³/mol. The monoisotopic (exact) mass is 308 g/mol. The summed E-state index contributed by atoms with van der Waals surface area (Å²) >= 11 is 7.02. The van der Waals surface area contributed by atoms with Gasteiger partial charge in [0.15, 0.2) is 0 Å². The van der Waals surface area contributed by atoms with Crippen molar-refractivity contribution in [3.63, 3.8) is 0 Å². The van der Waals surface area contributed by atoms with Gasteiger partial charge in [0.05, 0.1) is 9.21 Å². The van der Waals surface area contributed by atoms with E-state index < -0.39 is 0 Å². The van der Waals surface area contributed by atoms with Crippen LogP contribution in [-0.2, 0) is 6.54 Å². The fraction of sp³-hybridized carbons (Fsp3) is 0.143. The molecule has 0 bridgehead atoms. The molecule has 2 rings (SSSR count). The van der Waals surface area contributed by atoms with Gasteiger partial charge in [0.1, 0.15) is 0 Å². The maximum absolute atomic E-state index is 11.8. The number of amides is 2. The summed E-state index contributed by atoms with van der Waals surface area (Å²) in [4.78, 5) is 23.8. The van der Waals surface area contributed by atoms with Crippen LogP contribution >= 0.6 is 22.9 Å². The van der Waals surface area contributed by atoms with Crippen LogP contribution in [0, 0.1) is 0 Å². The van der Waals surface area contributed by atoms with Gasteiger partial charge in [-0.3, -0.25) is 9.59 Å². The Bertz CT molecular complexity index is 622. The topological polar surface area (TPSA) is 58.2 Å². The standard InChI is InChI=1S/C14H13ClN2O2S/c1-16-13(18)10-4-2-9(3-5-10)8-17-14(19)11-6-7-12(15)20-11/h2-7H,8H2,1H3,(H,16,18)(H,17,19). The normalized spacial score (nSPS) is 10.1. The van der Waals surface area contributed by atoms with Gasteiger partial charge in [-0.1, -0.05) is 23.7 Å². The van der Waals surface area contributed by atoms with E-state index in [1.165, 1.54) is 11.3 Å². The number of hydrogen-bond donors (Lipinski definition) is 2. The molecule has 1 aromatic carbocycles. The second-order valence-electron chi connectivity index (χ2n) is 4.06. The van der Waals surface area contributed by atoms with Gasteiger partial charge >= 0.3 is 0 Å². The summed E-state index contributed by atoms with van der Waals surface area (Å²) in [6, 6.07) is 10.5. The molecule has 0 saturated heterocycles. The molecule has 20 heavy (non-hydrogen) atoms. The Hall–Kier alpha value is -1.85. The van der Waals surface area contributed by atoms with Gasteiger partial charge in [0.25, 0.3) is 11.8 Å². The largest absolute Gasteiger partial charge is 0.355 e. The third-order valence-electron chi connectivity index (χ3n) is 2.69. The summed E-state index contributed by atoms with van der Waals surface area (Å²) in [5.41, 5.74) is 1.52. The summed E-state index contributed by atoms with van der Waals surface area (Å²) in [7, 11) is 1.59. The quantitative estimate of drug-likeness (QED) is 0.912. The molecule has 0 aliphatic heterocycles. The number of nitrogens with one attached hydrogen (secondary N) is 2. The number of carbonyl (C=O) groups excluding carboxylic acids is 2. The maximum Gasteiger partial charge on any atom is 0.261 e. The predicted octanol–water partition coefficient (Wildman–Crippen LogP) is 2.69. The molecule has 0 aliphatic carbocycles. The molecule has 0 aliphatic rings. The number of rotatable bonds is 4. The van der Waals surface area contributed by atoms with Gasteiger partial charge < -0.3 is 10.6 Å². The third-order valence-corrected chi connectivity index (χ3v) is 3.92. The average Bonchev–Trinajstić information content (AvgIpc) is 2.91. The van der Waals surface area contributed by atoms with Crippen LogP contribution in [0.25, 0.3) is 0 Å². The van der Waals surface area contributed by atoms with Gasteiger partial charge in [0, 0.05) is 19.2 Å². The molecule has 2 N–H and O–H groups in total. The van der Waals surface area contributed by atoms with Crippen molar-refractivity contribution in [2.45, 2.75) is 6.54 Å². The van der Waals surface area contributed by atoms with Crippen molar-refractivity contribution >= 4 is 34.8 Å². The van der Waals surface area contributed by atoms with E-state index in [9.17, 15) is 9.59 Å². The Morgan fingerprint density at radius 2 is 1.80 bits per heavy atom. The zero-order valence-electron chi connectivity index (χ0n) is 10.8. The second-order valence-corrected chi connectivity index (χ2v) is 5.78. The first-order chi connectivity index (χ1) is 9.60. The van der Waals surface area contributed by atoms with Crippen molar-refractivity contribution in [2.24, 2.45) is 0 Å². The van der Waals surface area contributed by atoms with Crippen LogP contribution in [0.3, 0.4) is 0 Å². The van der Waals surface area contributed by atoms with Crippen molar-refractivity contribution in [3.8, 4) is 0 Å². The van der Waals surface area contributed by atoms with Gasteiger partial charge in [-0.25, -0.2) is 0 Å². The Morgan fingerprint density at radius 3 is 2.35 bits per heavy atom. The van der Waals surface area contributed by atoms with E-state index in [2.05, 4.69) is 10.6 Å². The van der Waals surface area contributed by atoms with Gasteiger partial charge in [-0.05, 0) is 29.8 Å². The van der Waals surface area contributed by atoms with E-state index in [0.717, 1.165) is 5.56 Å². The lowest BCUT2D eigenvalue weighted by Gasteiger charge is -2.05. The van der Waals surface area contributed by atoms with Crippen molar-refractivity contribution in [3.05, 3.63) is 56.7 Å². The summed E-state index contributed by atoms with van der Waals surface area (Å²) in [5.74, 6) is -0.286. The molecule has 4 nitrogen and oxygen atoms in total. The minimum Gasteiger partial charge on any atom is -0.355 e. The van der Waals surface area contributed by atoms with Crippen LogP contribution in [0.1, 0.15) is 25.6 Å². The maximum atomic E-state index is 11.8. The summed E-state index contributed by atoms with van der Waals surface area (Å²) in [5, 5.41) is 5.36. The van der Waals surface area contributed by atoms with Crippen LogP contribution in [-0.4, -0.2) is 18.9 Å². The zero-order chi connectivity index (χ0) is 14.5. The molecule has 104 valence electrons. The molecule has 2 aromatic rings. The van der Waals surface area contributed by atoms with Crippen molar-refractivity contribution < 1.29 is 9.59 Å². The Morgan fingerprint density at radius 1 is 1.10 bits per heavy atom. The van der Waals surface area contributed by atoms with Crippen molar-refractivity contribution in [1.82, 2.24) is 10.6 Å². The lowest BCUT2D eigenvalue weighted by molar-refractivity contribution is 0.0949. The van der Waals surface area contributed by atoms with E-state index in [1.54, 1.807) is 31.3 Å². The first-order valence-electron chi connectivity index (χ1n) is 5.94. The smallest absolute Gasteiger partial charge is 0.261 e. The van der Waals surface area contributed by atoms with Crippen LogP contribution in [0.5, 0.6) is 0 Å². The molecular weight excluding hydrogens is 296 g/mol. The van der Waals surface area contributed by atoms with E-state index in [0.29, 0.717) is 21.3 Å². The minimum atomic E-state index is -0.155. The Balaban J connectivity index is 1.94. The molecule has 0 spiro atoms. The molecule has 0 fully saturated rings. The lowest BCUT2D eigenvalue weighted by atomic mass is 10.1. The molecule has 0 saturated carbocycles. The van der Waals surface area contributed by atoms with Crippen molar-refractivity contribution in [1.29, 1.82) is 0 Å². The highest BCUT2D eigenvalue weighted by Gasteiger charge is 2.08. The first-order valence-corrected chi connectivity index (χ1v) is 7.14. The first kappa shape index (κ1) is 14.6. The van der Waals surface area contributed by atoms with E-state index in [-0.39, 0.29) is 11.8 Å². The molecule has 0 atom stereocenters. The average molecular weight is 309 g/mol. The number of hydrogen-bond acceptors (Lipinski definition) is 3. The SMILES string of the molecule is CNC(=O)c1ccc(CNC(=O)c2ccc(Cl)s2)cc1. The molecule has 2 amide bonds. The highest BCUT2D eigenvalue weighted by molar-refractivity contribution is 7.17. The van der Waals surface area contributed by atoms with Crippen molar-refractivity contribution in [2.75, 3.05) is 7.05 Å². The molecular formula is C14H13ClN2O2S. The minimum absolute atomic E-state index is 0.131.